The SMILES string of the molecule is O=C(O)c1cccc(F)c1-n1ccc([N+](=O)[O-])n1. The fourth-order valence-electron chi connectivity index (χ4n) is 1.46. The van der Waals surface area contributed by atoms with Crippen molar-refractivity contribution < 1.29 is 19.2 Å². The summed E-state index contributed by atoms with van der Waals surface area (Å²) < 4.78 is 14.4. The monoisotopic (exact) mass is 251 g/mol. The molecule has 0 bridgehead atoms. The lowest BCUT2D eigenvalue weighted by molar-refractivity contribution is -0.389. The van der Waals surface area contributed by atoms with Gasteiger partial charge in [0.1, 0.15) is 5.69 Å². The van der Waals surface area contributed by atoms with Gasteiger partial charge in [0.05, 0.1) is 22.9 Å². The van der Waals surface area contributed by atoms with Crippen LogP contribution in [-0.4, -0.2) is 25.8 Å². The number of hydrogen-bond donors (Lipinski definition) is 1. The number of aromatic carboxylic acids is 1. The summed E-state index contributed by atoms with van der Waals surface area (Å²) in [7, 11) is 0. The van der Waals surface area contributed by atoms with Crippen LogP contribution in [0.2, 0.25) is 0 Å². The normalized spacial score (nSPS) is 10.3. The quantitative estimate of drug-likeness (QED) is 0.660. The first kappa shape index (κ1) is 11.7. The number of rotatable bonds is 3. The fourth-order valence-corrected chi connectivity index (χ4v) is 1.46. The third-order valence-electron chi connectivity index (χ3n) is 2.21. The maximum Gasteiger partial charge on any atom is 0.390 e. The standard InChI is InChI=1S/C10H6FN3O4/c11-7-3-1-2-6(10(15)16)9(7)13-5-4-8(12-13)14(17)18/h1-5H,(H,15,16). The van der Waals surface area contributed by atoms with E-state index in [1.165, 1.54) is 12.1 Å². The Morgan fingerprint density at radius 1 is 1.44 bits per heavy atom. The Labute approximate surface area is 99.2 Å². The molecule has 0 aliphatic rings. The van der Waals surface area contributed by atoms with Gasteiger partial charge in [-0.3, -0.25) is 0 Å². The predicted octanol–water partition coefficient (Wildman–Crippen LogP) is 1.62. The lowest BCUT2D eigenvalue weighted by atomic mass is 10.1. The predicted molar refractivity (Wildman–Crippen MR) is 57.1 cm³/mol. The van der Waals surface area contributed by atoms with Crippen molar-refractivity contribution >= 4 is 11.8 Å². The van der Waals surface area contributed by atoms with Gasteiger partial charge in [-0.05, 0) is 17.1 Å². The van der Waals surface area contributed by atoms with Crippen molar-refractivity contribution in [3.05, 3.63) is 52.0 Å². The van der Waals surface area contributed by atoms with Crippen LogP contribution < -0.4 is 0 Å². The second-order valence-corrected chi connectivity index (χ2v) is 3.32. The number of halogens is 1. The van der Waals surface area contributed by atoms with Crippen LogP contribution in [0.4, 0.5) is 10.2 Å². The minimum Gasteiger partial charge on any atom is -0.478 e. The van der Waals surface area contributed by atoms with Gasteiger partial charge in [-0.1, -0.05) is 6.07 Å². The van der Waals surface area contributed by atoms with Gasteiger partial charge in [0, 0.05) is 0 Å². The summed E-state index contributed by atoms with van der Waals surface area (Å²) in [6.07, 6.45) is 1.13. The summed E-state index contributed by atoms with van der Waals surface area (Å²) in [6.45, 7) is 0. The molecule has 0 fully saturated rings. The van der Waals surface area contributed by atoms with Crippen LogP contribution in [-0.2, 0) is 0 Å². The van der Waals surface area contributed by atoms with Crippen molar-refractivity contribution in [3.63, 3.8) is 0 Å². The van der Waals surface area contributed by atoms with E-state index in [0.29, 0.717) is 0 Å². The zero-order valence-electron chi connectivity index (χ0n) is 8.78. The largest absolute Gasteiger partial charge is 0.478 e. The topological polar surface area (TPSA) is 98.3 Å². The molecule has 0 spiro atoms. The number of carboxylic acids is 1. The van der Waals surface area contributed by atoms with Gasteiger partial charge in [-0.15, -0.1) is 4.68 Å². The maximum absolute atomic E-state index is 13.6. The number of nitrogens with zero attached hydrogens (tertiary/aromatic N) is 3. The van der Waals surface area contributed by atoms with E-state index >= 15 is 0 Å². The summed E-state index contributed by atoms with van der Waals surface area (Å²) in [6, 6.07) is 4.53. The van der Waals surface area contributed by atoms with Crippen molar-refractivity contribution in [2.24, 2.45) is 0 Å². The second kappa shape index (κ2) is 4.24. The minimum atomic E-state index is -1.34. The number of benzene rings is 1. The van der Waals surface area contributed by atoms with Gasteiger partial charge in [-0.25, -0.2) is 9.18 Å². The van der Waals surface area contributed by atoms with Crippen molar-refractivity contribution in [3.8, 4) is 5.69 Å². The molecule has 1 aromatic heterocycles. The molecule has 1 aromatic carbocycles. The second-order valence-electron chi connectivity index (χ2n) is 3.32. The van der Waals surface area contributed by atoms with Gasteiger partial charge in [0.15, 0.2) is 5.82 Å². The Hall–Kier alpha value is -2.77. The molecule has 0 saturated carbocycles. The number of aromatic nitrogens is 2. The number of hydrogen-bond acceptors (Lipinski definition) is 4. The van der Waals surface area contributed by atoms with E-state index in [9.17, 15) is 19.3 Å². The molecule has 0 atom stereocenters. The van der Waals surface area contributed by atoms with Crippen LogP contribution in [0.25, 0.3) is 5.69 Å². The molecule has 0 amide bonds. The van der Waals surface area contributed by atoms with E-state index in [4.69, 9.17) is 5.11 Å². The van der Waals surface area contributed by atoms with E-state index in [1.807, 2.05) is 0 Å². The highest BCUT2D eigenvalue weighted by atomic mass is 19.1. The van der Waals surface area contributed by atoms with Crippen LogP contribution in [0.1, 0.15) is 10.4 Å². The average Bonchev–Trinajstić information content (AvgIpc) is 2.77. The van der Waals surface area contributed by atoms with Crippen molar-refractivity contribution in [1.29, 1.82) is 0 Å². The number of carboxylic acid groups (broad SMARTS) is 1. The lowest BCUT2D eigenvalue weighted by Gasteiger charge is -2.03. The van der Waals surface area contributed by atoms with Crippen molar-refractivity contribution in [2.75, 3.05) is 0 Å². The molecule has 0 aliphatic carbocycles. The highest BCUT2D eigenvalue weighted by Crippen LogP contribution is 2.20. The number of nitro groups is 1. The summed E-state index contributed by atoms with van der Waals surface area (Å²) in [5.74, 6) is -2.66. The molecule has 0 unspecified atom stereocenters. The maximum atomic E-state index is 13.6. The summed E-state index contributed by atoms with van der Waals surface area (Å²) in [5, 5.41) is 22.9. The fraction of sp³-hybridized carbons (Fsp3) is 0. The zero-order chi connectivity index (χ0) is 13.3. The summed E-state index contributed by atoms with van der Waals surface area (Å²) in [4.78, 5) is 20.7. The van der Waals surface area contributed by atoms with Crippen LogP contribution >= 0.6 is 0 Å². The molecule has 8 heteroatoms. The molecule has 1 N–H and O–H groups in total. The van der Waals surface area contributed by atoms with E-state index in [0.717, 1.165) is 23.0 Å². The molecule has 1 heterocycles. The van der Waals surface area contributed by atoms with Crippen molar-refractivity contribution in [2.45, 2.75) is 0 Å². The van der Waals surface area contributed by atoms with Crippen LogP contribution in [0.15, 0.2) is 30.5 Å². The molecule has 92 valence electrons. The molecular formula is C10H6FN3O4. The van der Waals surface area contributed by atoms with Gasteiger partial charge < -0.3 is 15.2 Å². The molecule has 2 rings (SSSR count). The van der Waals surface area contributed by atoms with Crippen LogP contribution in [0.3, 0.4) is 0 Å². The Balaban J connectivity index is 2.62. The molecule has 0 radical (unpaired) electrons. The molecule has 0 saturated heterocycles. The summed E-state index contributed by atoms with van der Waals surface area (Å²) >= 11 is 0. The summed E-state index contributed by atoms with van der Waals surface area (Å²) in [5.41, 5.74) is -0.661. The number of carbonyl (C=O) groups is 1. The Morgan fingerprint density at radius 2 is 2.17 bits per heavy atom. The van der Waals surface area contributed by atoms with Gasteiger partial charge in [0.25, 0.3) is 0 Å². The highest BCUT2D eigenvalue weighted by molar-refractivity contribution is 5.91. The smallest absolute Gasteiger partial charge is 0.390 e. The van der Waals surface area contributed by atoms with E-state index < -0.39 is 22.5 Å². The Morgan fingerprint density at radius 3 is 2.72 bits per heavy atom. The van der Waals surface area contributed by atoms with Gasteiger partial charge >= 0.3 is 11.8 Å². The third-order valence-corrected chi connectivity index (χ3v) is 2.21. The van der Waals surface area contributed by atoms with E-state index in [1.54, 1.807) is 0 Å². The first-order valence-electron chi connectivity index (χ1n) is 4.73. The Kier molecular flexibility index (Phi) is 2.76. The van der Waals surface area contributed by atoms with E-state index in [2.05, 4.69) is 5.10 Å². The molecule has 0 aliphatic heterocycles. The van der Waals surface area contributed by atoms with Crippen LogP contribution in [0.5, 0.6) is 0 Å². The van der Waals surface area contributed by atoms with Gasteiger partial charge in [-0.2, -0.15) is 0 Å². The zero-order valence-corrected chi connectivity index (χ0v) is 8.78. The van der Waals surface area contributed by atoms with Crippen molar-refractivity contribution in [1.82, 2.24) is 9.78 Å². The Bertz CT molecular complexity index is 638. The lowest BCUT2D eigenvalue weighted by Crippen LogP contribution is -2.08. The molecule has 2 aromatic rings. The molecule has 7 nitrogen and oxygen atoms in total. The highest BCUT2D eigenvalue weighted by Gasteiger charge is 2.21. The first-order chi connectivity index (χ1) is 8.50. The van der Waals surface area contributed by atoms with E-state index in [-0.39, 0.29) is 11.3 Å². The average molecular weight is 251 g/mol. The number of para-hydroxylation sites is 1. The van der Waals surface area contributed by atoms with Crippen LogP contribution in [0, 0.1) is 15.9 Å². The molecule has 18 heavy (non-hydrogen) atoms. The first-order valence-corrected chi connectivity index (χ1v) is 4.73. The van der Waals surface area contributed by atoms with Gasteiger partial charge in [0.2, 0.25) is 0 Å². The minimum absolute atomic E-state index is 0.326. The molecular weight excluding hydrogens is 245 g/mol. The third kappa shape index (κ3) is 1.90.